The van der Waals surface area contributed by atoms with Crippen LogP contribution in [0.4, 0.5) is 13.2 Å². The molecule has 3 nitrogen and oxygen atoms in total. The maximum Gasteiger partial charge on any atom is 0.417 e. The number of likely N-dealkylation sites (tertiary alicyclic amines) is 1. The monoisotopic (exact) mass is 333 g/mol. The van der Waals surface area contributed by atoms with E-state index in [0.717, 1.165) is 12.1 Å². The van der Waals surface area contributed by atoms with Crippen molar-refractivity contribution in [1.82, 2.24) is 4.90 Å². The van der Waals surface area contributed by atoms with Gasteiger partial charge in [0.2, 0.25) is 5.91 Å². The van der Waals surface area contributed by atoms with Gasteiger partial charge in [-0.05, 0) is 36.6 Å². The Bertz CT molecular complexity index is 579. The lowest BCUT2D eigenvalue weighted by Crippen LogP contribution is -2.39. The van der Waals surface area contributed by atoms with E-state index in [1.165, 1.54) is 18.2 Å². The maximum absolute atomic E-state index is 12.7. The summed E-state index contributed by atoms with van der Waals surface area (Å²) in [5.74, 6) is -0.282. The van der Waals surface area contributed by atoms with E-state index in [2.05, 4.69) is 0 Å². The van der Waals surface area contributed by atoms with Gasteiger partial charge in [-0.3, -0.25) is 4.79 Å². The molecule has 1 N–H and O–H groups in total. The number of halogens is 4. The second-order valence-corrected chi connectivity index (χ2v) is 5.53. The molecular weight excluding hydrogens is 319 g/mol. The summed E-state index contributed by atoms with van der Waals surface area (Å²) in [4.78, 5) is 13.5. The lowest BCUT2D eigenvalue weighted by Gasteiger charge is -2.28. The van der Waals surface area contributed by atoms with E-state index < -0.39 is 17.8 Å². The third-order valence-corrected chi connectivity index (χ3v) is 3.82. The van der Waals surface area contributed by atoms with Crippen molar-refractivity contribution in [2.45, 2.75) is 25.1 Å². The van der Waals surface area contributed by atoms with Crippen LogP contribution in [0.25, 0.3) is 6.08 Å². The van der Waals surface area contributed by atoms with E-state index in [0.29, 0.717) is 25.9 Å². The van der Waals surface area contributed by atoms with E-state index in [9.17, 15) is 23.1 Å². The standard InChI is InChI=1S/C15H15ClF3NO2/c16-13-3-1-10(9-12(13)15(17,18)19)2-4-14(22)20-7-5-11(21)6-8-20/h1-4,9,11,21H,5-8H2/b4-2+. The molecule has 1 aromatic carbocycles. The third-order valence-electron chi connectivity index (χ3n) is 3.49. The molecule has 1 saturated heterocycles. The molecule has 1 aliphatic heterocycles. The molecule has 1 aromatic rings. The second-order valence-electron chi connectivity index (χ2n) is 5.13. The zero-order valence-electron chi connectivity index (χ0n) is 11.6. The van der Waals surface area contributed by atoms with Gasteiger partial charge in [-0.2, -0.15) is 13.2 Å². The molecule has 0 unspecified atom stereocenters. The Kier molecular flexibility index (Phi) is 5.13. The summed E-state index contributed by atoms with van der Waals surface area (Å²) < 4.78 is 38.2. The van der Waals surface area contributed by atoms with Crippen molar-refractivity contribution in [3.05, 3.63) is 40.4 Å². The van der Waals surface area contributed by atoms with Gasteiger partial charge in [-0.1, -0.05) is 17.7 Å². The molecule has 7 heteroatoms. The maximum atomic E-state index is 12.7. The van der Waals surface area contributed by atoms with E-state index in [1.54, 1.807) is 4.90 Å². The number of benzene rings is 1. The van der Waals surface area contributed by atoms with Gasteiger partial charge < -0.3 is 10.0 Å². The average molecular weight is 334 g/mol. The summed E-state index contributed by atoms with van der Waals surface area (Å²) in [6.07, 6.45) is -1.33. The number of aliphatic hydroxyl groups is 1. The first-order chi connectivity index (χ1) is 10.3. The minimum Gasteiger partial charge on any atom is -0.393 e. The van der Waals surface area contributed by atoms with Gasteiger partial charge in [-0.25, -0.2) is 0 Å². The number of hydrogen-bond acceptors (Lipinski definition) is 2. The number of carbonyl (C=O) groups excluding carboxylic acids is 1. The number of rotatable bonds is 2. The van der Waals surface area contributed by atoms with E-state index in [1.807, 2.05) is 0 Å². The number of carbonyl (C=O) groups is 1. The summed E-state index contributed by atoms with van der Waals surface area (Å²) >= 11 is 5.54. The van der Waals surface area contributed by atoms with Gasteiger partial charge in [0.1, 0.15) is 0 Å². The predicted molar refractivity (Wildman–Crippen MR) is 77.3 cm³/mol. The lowest BCUT2D eigenvalue weighted by atomic mass is 10.1. The molecule has 22 heavy (non-hydrogen) atoms. The van der Waals surface area contributed by atoms with Crippen molar-refractivity contribution in [1.29, 1.82) is 0 Å². The normalized spacial score (nSPS) is 17.2. The summed E-state index contributed by atoms with van der Waals surface area (Å²) in [5, 5.41) is 9.00. The zero-order valence-corrected chi connectivity index (χ0v) is 12.4. The van der Waals surface area contributed by atoms with E-state index >= 15 is 0 Å². The highest BCUT2D eigenvalue weighted by molar-refractivity contribution is 6.31. The Labute approximate surface area is 131 Å². The summed E-state index contributed by atoms with van der Waals surface area (Å²) in [5.41, 5.74) is -0.674. The molecular formula is C15H15ClF3NO2. The fourth-order valence-corrected chi connectivity index (χ4v) is 2.45. The fourth-order valence-electron chi connectivity index (χ4n) is 2.22. The van der Waals surface area contributed by atoms with Crippen LogP contribution in [0, 0.1) is 0 Å². The Morgan fingerprint density at radius 2 is 1.95 bits per heavy atom. The topological polar surface area (TPSA) is 40.5 Å². The first kappa shape index (κ1) is 16.8. The molecule has 1 fully saturated rings. The van der Waals surface area contributed by atoms with E-state index in [4.69, 9.17) is 11.6 Å². The van der Waals surface area contributed by atoms with Gasteiger partial charge in [-0.15, -0.1) is 0 Å². The molecule has 0 radical (unpaired) electrons. The predicted octanol–water partition coefficient (Wildman–Crippen LogP) is 3.36. The number of hydrogen-bond donors (Lipinski definition) is 1. The van der Waals surface area contributed by atoms with Crippen molar-refractivity contribution in [2.24, 2.45) is 0 Å². The first-order valence-electron chi connectivity index (χ1n) is 6.79. The van der Waals surface area contributed by atoms with Crippen LogP contribution >= 0.6 is 11.6 Å². The molecule has 0 saturated carbocycles. The molecule has 120 valence electrons. The van der Waals surface area contributed by atoms with Crippen LogP contribution in [0.2, 0.25) is 5.02 Å². The van der Waals surface area contributed by atoms with Crippen LogP contribution in [0.15, 0.2) is 24.3 Å². The van der Waals surface area contributed by atoms with Gasteiger partial charge in [0.05, 0.1) is 16.7 Å². The van der Waals surface area contributed by atoms with Crippen LogP contribution in [-0.2, 0) is 11.0 Å². The van der Waals surface area contributed by atoms with Crippen LogP contribution in [0.1, 0.15) is 24.0 Å². The highest BCUT2D eigenvalue weighted by Crippen LogP contribution is 2.35. The molecule has 2 rings (SSSR count). The highest BCUT2D eigenvalue weighted by Gasteiger charge is 2.33. The summed E-state index contributed by atoms with van der Waals surface area (Å²) in [7, 11) is 0. The van der Waals surface area contributed by atoms with E-state index in [-0.39, 0.29) is 16.5 Å². The molecule has 1 aliphatic rings. The number of piperidine rings is 1. The largest absolute Gasteiger partial charge is 0.417 e. The van der Waals surface area contributed by atoms with Gasteiger partial charge >= 0.3 is 6.18 Å². The van der Waals surface area contributed by atoms with Crippen molar-refractivity contribution in [2.75, 3.05) is 13.1 Å². The summed E-state index contributed by atoms with van der Waals surface area (Å²) in [6.45, 7) is 0.886. The van der Waals surface area contributed by atoms with Crippen molar-refractivity contribution in [3.63, 3.8) is 0 Å². The zero-order chi connectivity index (χ0) is 16.3. The van der Waals surface area contributed by atoms with Crippen LogP contribution < -0.4 is 0 Å². The minimum atomic E-state index is -4.53. The van der Waals surface area contributed by atoms with Gasteiger partial charge in [0.25, 0.3) is 0 Å². The molecule has 0 aliphatic carbocycles. The SMILES string of the molecule is O=C(/C=C/c1ccc(Cl)c(C(F)(F)F)c1)N1CCC(O)CC1. The number of aliphatic hydroxyl groups excluding tert-OH is 1. The summed E-state index contributed by atoms with van der Waals surface area (Å²) in [6, 6.07) is 3.49. The Morgan fingerprint density at radius 1 is 1.32 bits per heavy atom. The lowest BCUT2D eigenvalue weighted by molar-refractivity contribution is -0.137. The molecule has 0 aromatic heterocycles. The molecule has 0 atom stereocenters. The fraction of sp³-hybridized carbons (Fsp3) is 0.400. The Hall–Kier alpha value is -1.53. The number of nitrogens with zero attached hydrogens (tertiary/aromatic N) is 1. The quantitative estimate of drug-likeness (QED) is 0.843. The molecule has 0 bridgehead atoms. The van der Waals surface area contributed by atoms with Crippen LogP contribution in [0.3, 0.4) is 0 Å². The number of amides is 1. The molecule has 1 amide bonds. The average Bonchev–Trinajstić information content (AvgIpc) is 2.45. The third kappa shape index (κ3) is 4.24. The van der Waals surface area contributed by atoms with Crippen molar-refractivity contribution >= 4 is 23.6 Å². The molecule has 1 heterocycles. The minimum absolute atomic E-state index is 0.252. The van der Waals surface area contributed by atoms with Crippen LogP contribution in [0.5, 0.6) is 0 Å². The molecule has 0 spiro atoms. The highest BCUT2D eigenvalue weighted by atomic mass is 35.5. The van der Waals surface area contributed by atoms with Crippen molar-refractivity contribution < 1.29 is 23.1 Å². The Balaban J connectivity index is 2.08. The van der Waals surface area contributed by atoms with Crippen LogP contribution in [-0.4, -0.2) is 35.1 Å². The number of alkyl halides is 3. The van der Waals surface area contributed by atoms with Gasteiger partial charge in [0.15, 0.2) is 0 Å². The first-order valence-corrected chi connectivity index (χ1v) is 7.17. The smallest absolute Gasteiger partial charge is 0.393 e. The second kappa shape index (κ2) is 6.71. The van der Waals surface area contributed by atoms with Crippen molar-refractivity contribution in [3.8, 4) is 0 Å². The van der Waals surface area contributed by atoms with Gasteiger partial charge in [0, 0.05) is 19.2 Å². The Morgan fingerprint density at radius 3 is 2.55 bits per heavy atom.